The predicted octanol–water partition coefficient (Wildman–Crippen LogP) is 3.96. The standard InChI is InChI=1S/C24H26F2N4O3/c1-14-6-7-24(2,20-11-30(8-9-32-20)23-27-15(12-31)13-33-23)22-16(14)10-19(28-29-22)21-17(25)4-3-5-18(21)26/h3-5,10,13-14,20,31H,6-9,11-12H2,1-2H3/t14-,20+,24+/m0/s1. The number of aliphatic hydroxyl groups is 1. The normalized spacial score (nSPS) is 25.2. The molecule has 0 bridgehead atoms. The molecule has 1 aliphatic carbocycles. The number of halogens is 2. The van der Waals surface area contributed by atoms with Crippen LogP contribution in [-0.4, -0.2) is 46.1 Å². The van der Waals surface area contributed by atoms with Gasteiger partial charge < -0.3 is 19.2 Å². The zero-order valence-electron chi connectivity index (χ0n) is 18.6. The number of nitrogens with zero attached hydrogens (tertiary/aromatic N) is 4. The summed E-state index contributed by atoms with van der Waals surface area (Å²) in [4.78, 5) is 6.33. The molecule has 3 aromatic rings. The number of fused-ring (bicyclic) bond motifs is 1. The lowest BCUT2D eigenvalue weighted by Gasteiger charge is -2.45. The maximum absolute atomic E-state index is 14.4. The van der Waals surface area contributed by atoms with Gasteiger partial charge in [0.2, 0.25) is 0 Å². The molecule has 0 unspecified atom stereocenters. The number of aromatic nitrogens is 3. The third-order valence-electron chi connectivity index (χ3n) is 6.96. The van der Waals surface area contributed by atoms with Gasteiger partial charge >= 0.3 is 0 Å². The first-order valence-corrected chi connectivity index (χ1v) is 11.1. The van der Waals surface area contributed by atoms with Gasteiger partial charge in [-0.2, -0.15) is 15.2 Å². The van der Waals surface area contributed by atoms with Crippen LogP contribution in [-0.2, 0) is 16.8 Å². The predicted molar refractivity (Wildman–Crippen MR) is 117 cm³/mol. The molecule has 2 aromatic heterocycles. The molecule has 33 heavy (non-hydrogen) atoms. The molecule has 0 amide bonds. The fraction of sp³-hybridized carbons (Fsp3) is 0.458. The van der Waals surface area contributed by atoms with Crippen LogP contribution in [0.3, 0.4) is 0 Å². The summed E-state index contributed by atoms with van der Waals surface area (Å²) in [6, 6.07) is 6.01. The first-order valence-electron chi connectivity index (χ1n) is 11.1. The number of hydrogen-bond acceptors (Lipinski definition) is 7. The number of morpholine rings is 1. The van der Waals surface area contributed by atoms with Gasteiger partial charge in [0.1, 0.15) is 23.6 Å². The third kappa shape index (κ3) is 3.79. The Kier molecular flexibility index (Phi) is 5.62. The second-order valence-corrected chi connectivity index (χ2v) is 9.07. The van der Waals surface area contributed by atoms with Crippen molar-refractivity contribution in [2.75, 3.05) is 24.6 Å². The van der Waals surface area contributed by atoms with Crippen molar-refractivity contribution in [1.82, 2.24) is 15.2 Å². The Balaban J connectivity index is 1.49. The zero-order valence-corrected chi connectivity index (χ0v) is 18.6. The van der Waals surface area contributed by atoms with Crippen molar-refractivity contribution in [3.63, 3.8) is 0 Å². The molecule has 7 nitrogen and oxygen atoms in total. The van der Waals surface area contributed by atoms with Crippen molar-refractivity contribution in [3.05, 3.63) is 59.1 Å². The smallest absolute Gasteiger partial charge is 0.297 e. The molecule has 1 N–H and O–H groups in total. The highest BCUT2D eigenvalue weighted by Gasteiger charge is 2.46. The highest BCUT2D eigenvalue weighted by atomic mass is 19.1. The quantitative estimate of drug-likeness (QED) is 0.636. The Labute approximate surface area is 190 Å². The molecule has 0 spiro atoms. The Morgan fingerprint density at radius 2 is 2.03 bits per heavy atom. The Hall–Kier alpha value is -2.91. The second kappa shape index (κ2) is 8.46. The van der Waals surface area contributed by atoms with Crippen molar-refractivity contribution in [2.24, 2.45) is 0 Å². The number of anilines is 1. The number of ether oxygens (including phenoxy) is 1. The fourth-order valence-electron chi connectivity index (χ4n) is 4.92. The minimum atomic E-state index is -0.657. The molecule has 1 aliphatic heterocycles. The summed E-state index contributed by atoms with van der Waals surface area (Å²) < 4.78 is 40.5. The summed E-state index contributed by atoms with van der Waals surface area (Å²) in [6.45, 7) is 5.69. The first-order chi connectivity index (χ1) is 15.9. The summed E-state index contributed by atoms with van der Waals surface area (Å²) in [5, 5.41) is 18.1. The van der Waals surface area contributed by atoms with Crippen LogP contribution in [0.4, 0.5) is 14.8 Å². The molecule has 0 saturated carbocycles. The highest BCUT2D eigenvalue weighted by molar-refractivity contribution is 5.62. The van der Waals surface area contributed by atoms with Gasteiger partial charge in [-0.1, -0.05) is 19.9 Å². The van der Waals surface area contributed by atoms with E-state index in [1.54, 1.807) is 6.07 Å². The number of aliphatic hydroxyl groups excluding tert-OH is 1. The molecule has 2 aliphatic rings. The van der Waals surface area contributed by atoms with Crippen LogP contribution >= 0.6 is 0 Å². The Morgan fingerprint density at radius 3 is 2.76 bits per heavy atom. The summed E-state index contributed by atoms with van der Waals surface area (Å²) in [7, 11) is 0. The van der Waals surface area contributed by atoms with Gasteiger partial charge in [0.05, 0.1) is 36.3 Å². The van der Waals surface area contributed by atoms with E-state index in [-0.39, 0.29) is 29.9 Å². The molecular weight excluding hydrogens is 430 g/mol. The van der Waals surface area contributed by atoms with Gasteiger partial charge in [-0.05, 0) is 42.5 Å². The lowest BCUT2D eigenvalue weighted by Crippen LogP contribution is -2.53. The molecule has 5 rings (SSSR count). The van der Waals surface area contributed by atoms with Crippen LogP contribution in [0.2, 0.25) is 0 Å². The summed E-state index contributed by atoms with van der Waals surface area (Å²) in [5.41, 5.74) is 1.83. The summed E-state index contributed by atoms with van der Waals surface area (Å²) in [5.74, 6) is -1.14. The van der Waals surface area contributed by atoms with E-state index in [1.165, 1.54) is 24.5 Å². The molecule has 0 radical (unpaired) electrons. The van der Waals surface area contributed by atoms with Gasteiger partial charge in [-0.15, -0.1) is 0 Å². The molecule has 3 atom stereocenters. The van der Waals surface area contributed by atoms with E-state index in [0.29, 0.717) is 31.4 Å². The van der Waals surface area contributed by atoms with Gasteiger partial charge in [0.25, 0.3) is 6.01 Å². The number of oxazole rings is 1. The molecule has 1 aromatic carbocycles. The van der Waals surface area contributed by atoms with Crippen molar-refractivity contribution in [3.8, 4) is 11.3 Å². The van der Waals surface area contributed by atoms with Crippen LogP contribution in [0.15, 0.2) is 34.9 Å². The molecule has 1 saturated heterocycles. The van der Waals surface area contributed by atoms with Gasteiger partial charge in [-0.3, -0.25) is 0 Å². The average molecular weight is 456 g/mol. The van der Waals surface area contributed by atoms with Crippen LogP contribution in [0.5, 0.6) is 0 Å². The highest BCUT2D eigenvalue weighted by Crippen LogP contribution is 2.46. The van der Waals surface area contributed by atoms with Crippen molar-refractivity contribution in [1.29, 1.82) is 0 Å². The van der Waals surface area contributed by atoms with E-state index >= 15 is 0 Å². The molecule has 9 heteroatoms. The van der Waals surface area contributed by atoms with Crippen LogP contribution in [0, 0.1) is 11.6 Å². The van der Waals surface area contributed by atoms with Gasteiger partial charge in [-0.25, -0.2) is 8.78 Å². The van der Waals surface area contributed by atoms with Gasteiger partial charge in [0, 0.05) is 18.5 Å². The number of benzene rings is 1. The summed E-state index contributed by atoms with van der Waals surface area (Å²) >= 11 is 0. The second-order valence-electron chi connectivity index (χ2n) is 9.07. The topological polar surface area (TPSA) is 84.5 Å². The average Bonchev–Trinajstić information content (AvgIpc) is 3.31. The van der Waals surface area contributed by atoms with Crippen molar-refractivity contribution in [2.45, 2.75) is 50.7 Å². The van der Waals surface area contributed by atoms with Crippen LogP contribution in [0.1, 0.15) is 49.6 Å². The van der Waals surface area contributed by atoms with E-state index in [9.17, 15) is 13.9 Å². The maximum atomic E-state index is 14.4. The molecule has 174 valence electrons. The Bertz CT molecular complexity index is 1150. The molecular formula is C24H26F2N4O3. The molecule has 1 fully saturated rings. The van der Waals surface area contributed by atoms with Crippen LogP contribution < -0.4 is 4.90 Å². The SMILES string of the molecule is C[C@H]1CC[C@](C)([C@H]2CN(c3nc(CO)co3)CCO2)c2nnc(-c3c(F)cccc3F)cc21. The lowest BCUT2D eigenvalue weighted by molar-refractivity contribution is -0.0188. The lowest BCUT2D eigenvalue weighted by atomic mass is 9.67. The Morgan fingerprint density at radius 1 is 1.24 bits per heavy atom. The first kappa shape index (κ1) is 21.9. The van der Waals surface area contributed by atoms with Crippen LogP contribution in [0.25, 0.3) is 11.3 Å². The number of hydrogen-bond donors (Lipinski definition) is 1. The molecule has 3 heterocycles. The van der Waals surface area contributed by atoms with E-state index in [0.717, 1.165) is 24.1 Å². The van der Waals surface area contributed by atoms with Crippen molar-refractivity contribution < 1.29 is 23.0 Å². The van der Waals surface area contributed by atoms with E-state index in [4.69, 9.17) is 9.15 Å². The van der Waals surface area contributed by atoms with Gasteiger partial charge in [0.15, 0.2) is 0 Å². The van der Waals surface area contributed by atoms with E-state index < -0.39 is 17.0 Å². The minimum Gasteiger partial charge on any atom is -0.432 e. The largest absolute Gasteiger partial charge is 0.432 e. The third-order valence-corrected chi connectivity index (χ3v) is 6.96. The monoisotopic (exact) mass is 456 g/mol. The fourth-order valence-corrected chi connectivity index (χ4v) is 4.92. The number of rotatable bonds is 4. The van der Waals surface area contributed by atoms with E-state index in [2.05, 4.69) is 29.0 Å². The minimum absolute atomic E-state index is 0.157. The van der Waals surface area contributed by atoms with Crippen molar-refractivity contribution >= 4 is 6.01 Å². The van der Waals surface area contributed by atoms with E-state index in [1.807, 2.05) is 4.90 Å². The maximum Gasteiger partial charge on any atom is 0.297 e. The summed E-state index contributed by atoms with van der Waals surface area (Å²) in [6.07, 6.45) is 2.98. The zero-order chi connectivity index (χ0) is 23.2.